The number of sulfone groups is 1. The minimum absolute atomic E-state index is 0.0134. The van der Waals surface area contributed by atoms with E-state index < -0.39 is 33.4 Å². The van der Waals surface area contributed by atoms with Gasteiger partial charge in [0.15, 0.2) is 9.84 Å². The van der Waals surface area contributed by atoms with E-state index in [2.05, 4.69) is 10.6 Å². The lowest BCUT2D eigenvalue weighted by molar-refractivity contribution is -0.137. The molecule has 3 aromatic rings. The van der Waals surface area contributed by atoms with Crippen LogP contribution in [0, 0.1) is 0 Å². The van der Waals surface area contributed by atoms with Crippen molar-refractivity contribution in [2.75, 3.05) is 16.9 Å². The first-order chi connectivity index (χ1) is 15.4. The molecular weight excluding hydrogens is 481 g/mol. The molecule has 0 aliphatic heterocycles. The van der Waals surface area contributed by atoms with Gasteiger partial charge in [-0.25, -0.2) is 8.42 Å². The van der Waals surface area contributed by atoms with Crippen LogP contribution in [0.25, 0.3) is 0 Å². The first kappa shape index (κ1) is 24.3. The molecule has 0 fully saturated rings. The van der Waals surface area contributed by atoms with Crippen LogP contribution in [0.4, 0.5) is 24.5 Å². The van der Waals surface area contributed by atoms with E-state index in [1.807, 2.05) is 0 Å². The topological polar surface area (TPSA) is 92.3 Å². The average molecular weight is 497 g/mol. The standard InChI is InChI=1S/C22H16ClF3N2O4S/c1-33(31,32)19-11-13(9-10-17(19)23)20(29)28-18-8-3-2-7-16(18)21(30)27-15-6-4-5-14(12-15)22(24,25)26/h2-12H,1H3,(H,27,30)(H,28,29). The molecule has 172 valence electrons. The van der Waals surface area contributed by atoms with E-state index in [1.54, 1.807) is 6.07 Å². The number of rotatable bonds is 5. The molecule has 0 saturated heterocycles. The SMILES string of the molecule is CS(=O)(=O)c1cc(C(=O)Nc2ccccc2C(=O)Nc2cccc(C(F)(F)F)c2)ccc1Cl. The van der Waals surface area contributed by atoms with Crippen molar-refractivity contribution in [3.8, 4) is 0 Å². The molecular formula is C22H16ClF3N2O4S. The van der Waals surface area contributed by atoms with E-state index in [4.69, 9.17) is 11.6 Å². The number of hydrogen-bond donors (Lipinski definition) is 2. The van der Waals surface area contributed by atoms with Gasteiger partial charge in [0.05, 0.1) is 26.7 Å². The third-order valence-corrected chi connectivity index (χ3v) is 6.04. The Bertz CT molecular complexity index is 1340. The van der Waals surface area contributed by atoms with Crippen molar-refractivity contribution in [2.24, 2.45) is 0 Å². The maximum Gasteiger partial charge on any atom is 0.416 e. The monoisotopic (exact) mass is 496 g/mol. The quantitative estimate of drug-likeness (QED) is 0.503. The number of nitrogens with one attached hydrogen (secondary N) is 2. The third-order valence-electron chi connectivity index (χ3n) is 4.46. The van der Waals surface area contributed by atoms with Gasteiger partial charge in [0.25, 0.3) is 11.8 Å². The van der Waals surface area contributed by atoms with Gasteiger partial charge in [-0.3, -0.25) is 9.59 Å². The highest BCUT2D eigenvalue weighted by Crippen LogP contribution is 2.31. The van der Waals surface area contributed by atoms with Crippen LogP contribution in [0.5, 0.6) is 0 Å². The number of amides is 2. The highest BCUT2D eigenvalue weighted by atomic mass is 35.5. The van der Waals surface area contributed by atoms with Gasteiger partial charge in [-0.15, -0.1) is 0 Å². The van der Waals surface area contributed by atoms with Gasteiger partial charge in [0, 0.05) is 17.5 Å². The second kappa shape index (κ2) is 9.24. The number of carbonyl (C=O) groups is 2. The van der Waals surface area contributed by atoms with Gasteiger partial charge in [0.1, 0.15) is 0 Å². The zero-order valence-corrected chi connectivity index (χ0v) is 18.5. The van der Waals surface area contributed by atoms with Crippen molar-refractivity contribution in [3.63, 3.8) is 0 Å². The summed E-state index contributed by atoms with van der Waals surface area (Å²) in [5.41, 5.74) is -0.964. The molecule has 0 atom stereocenters. The molecule has 3 rings (SSSR count). The molecule has 0 saturated carbocycles. The number of halogens is 4. The van der Waals surface area contributed by atoms with Crippen molar-refractivity contribution in [2.45, 2.75) is 11.1 Å². The Morgan fingerprint density at radius 2 is 1.58 bits per heavy atom. The highest BCUT2D eigenvalue weighted by molar-refractivity contribution is 7.90. The Morgan fingerprint density at radius 3 is 2.24 bits per heavy atom. The molecule has 0 radical (unpaired) electrons. The van der Waals surface area contributed by atoms with Crippen molar-refractivity contribution in [1.29, 1.82) is 0 Å². The van der Waals surface area contributed by atoms with Crippen LogP contribution in [0.15, 0.2) is 71.6 Å². The Morgan fingerprint density at radius 1 is 0.879 bits per heavy atom. The van der Waals surface area contributed by atoms with Crippen LogP contribution in [0.3, 0.4) is 0 Å². The first-order valence-electron chi connectivity index (χ1n) is 9.25. The van der Waals surface area contributed by atoms with E-state index in [0.717, 1.165) is 30.5 Å². The maximum absolute atomic E-state index is 12.9. The lowest BCUT2D eigenvalue weighted by atomic mass is 10.1. The Labute approximate surface area is 192 Å². The predicted octanol–water partition coefficient (Wildman–Crippen LogP) is 5.27. The summed E-state index contributed by atoms with van der Waals surface area (Å²) in [6, 6.07) is 13.7. The number of hydrogen-bond acceptors (Lipinski definition) is 4. The van der Waals surface area contributed by atoms with E-state index >= 15 is 0 Å². The molecule has 11 heteroatoms. The first-order valence-corrected chi connectivity index (χ1v) is 11.5. The zero-order valence-electron chi connectivity index (χ0n) is 16.9. The fourth-order valence-electron chi connectivity index (χ4n) is 2.89. The minimum Gasteiger partial charge on any atom is -0.322 e. The predicted molar refractivity (Wildman–Crippen MR) is 118 cm³/mol. The summed E-state index contributed by atoms with van der Waals surface area (Å²) in [5, 5.41) is 4.84. The number of carbonyl (C=O) groups excluding carboxylic acids is 2. The van der Waals surface area contributed by atoms with E-state index in [1.165, 1.54) is 36.4 Å². The summed E-state index contributed by atoms with van der Waals surface area (Å²) in [6.45, 7) is 0. The van der Waals surface area contributed by atoms with E-state index in [0.29, 0.717) is 0 Å². The van der Waals surface area contributed by atoms with Crippen LogP contribution in [0.2, 0.25) is 5.02 Å². The van der Waals surface area contributed by atoms with E-state index in [-0.39, 0.29) is 32.4 Å². The molecule has 0 heterocycles. The number of benzene rings is 3. The molecule has 3 aromatic carbocycles. The minimum atomic E-state index is -4.57. The summed E-state index contributed by atoms with van der Waals surface area (Å²) in [7, 11) is -3.69. The van der Waals surface area contributed by atoms with Crippen LogP contribution < -0.4 is 10.6 Å². The van der Waals surface area contributed by atoms with Crippen molar-refractivity contribution in [1.82, 2.24) is 0 Å². The molecule has 0 unspecified atom stereocenters. The molecule has 6 nitrogen and oxygen atoms in total. The van der Waals surface area contributed by atoms with Gasteiger partial charge in [-0.2, -0.15) is 13.2 Å². The Hall–Kier alpha value is -3.37. The Balaban J connectivity index is 1.85. The molecule has 2 amide bonds. The van der Waals surface area contributed by atoms with Crippen molar-refractivity contribution < 1.29 is 31.2 Å². The zero-order chi connectivity index (χ0) is 24.4. The average Bonchev–Trinajstić information content (AvgIpc) is 2.73. The fraction of sp³-hybridized carbons (Fsp3) is 0.0909. The van der Waals surface area contributed by atoms with Gasteiger partial charge in [-0.1, -0.05) is 29.8 Å². The second-order valence-corrected chi connectivity index (χ2v) is 9.34. The highest BCUT2D eigenvalue weighted by Gasteiger charge is 2.30. The van der Waals surface area contributed by atoms with Crippen molar-refractivity contribution >= 4 is 44.6 Å². The molecule has 0 bridgehead atoms. The van der Waals surface area contributed by atoms with Crippen LogP contribution in [-0.2, 0) is 16.0 Å². The Kier molecular flexibility index (Phi) is 6.80. The van der Waals surface area contributed by atoms with Gasteiger partial charge in [-0.05, 0) is 48.5 Å². The maximum atomic E-state index is 12.9. The van der Waals surface area contributed by atoms with Gasteiger partial charge in [0.2, 0.25) is 0 Å². The van der Waals surface area contributed by atoms with Crippen LogP contribution in [-0.4, -0.2) is 26.5 Å². The number of alkyl halides is 3. The molecule has 2 N–H and O–H groups in total. The summed E-state index contributed by atoms with van der Waals surface area (Å²) >= 11 is 5.89. The lowest BCUT2D eigenvalue weighted by Crippen LogP contribution is -2.19. The lowest BCUT2D eigenvalue weighted by Gasteiger charge is -2.13. The molecule has 0 spiro atoms. The summed E-state index contributed by atoms with van der Waals surface area (Å²) in [5.74, 6) is -1.46. The van der Waals surface area contributed by atoms with Crippen LogP contribution in [0.1, 0.15) is 26.3 Å². The van der Waals surface area contributed by atoms with Gasteiger partial charge >= 0.3 is 6.18 Å². The number of anilines is 2. The molecule has 33 heavy (non-hydrogen) atoms. The molecule has 0 aliphatic rings. The number of para-hydroxylation sites is 1. The smallest absolute Gasteiger partial charge is 0.322 e. The van der Waals surface area contributed by atoms with Gasteiger partial charge < -0.3 is 10.6 Å². The molecule has 0 aliphatic carbocycles. The fourth-order valence-corrected chi connectivity index (χ4v) is 4.19. The second-order valence-electron chi connectivity index (χ2n) is 6.95. The normalized spacial score (nSPS) is 11.7. The van der Waals surface area contributed by atoms with Crippen molar-refractivity contribution in [3.05, 3.63) is 88.4 Å². The van der Waals surface area contributed by atoms with Crippen LogP contribution >= 0.6 is 11.6 Å². The summed E-state index contributed by atoms with van der Waals surface area (Å²) in [4.78, 5) is 25.2. The van der Waals surface area contributed by atoms with E-state index in [9.17, 15) is 31.2 Å². The summed E-state index contributed by atoms with van der Waals surface area (Å²) < 4.78 is 62.5. The summed E-state index contributed by atoms with van der Waals surface area (Å²) in [6.07, 6.45) is -3.63. The third kappa shape index (κ3) is 5.91. The molecule has 0 aromatic heterocycles. The largest absolute Gasteiger partial charge is 0.416 e.